The van der Waals surface area contributed by atoms with Gasteiger partial charge >= 0.3 is 10.2 Å². The Morgan fingerprint density at radius 3 is 2.48 bits per heavy atom. The maximum absolute atomic E-state index is 13.7. The minimum Gasteiger partial charge on any atom is -0.506 e. The predicted octanol–water partition coefficient (Wildman–Crippen LogP) is 2.13. The van der Waals surface area contributed by atoms with Crippen LogP contribution in [0.5, 0.6) is 5.75 Å². The van der Waals surface area contributed by atoms with Crippen molar-refractivity contribution in [2.24, 2.45) is 0 Å². The van der Waals surface area contributed by atoms with Gasteiger partial charge in [-0.3, -0.25) is 0 Å². The first kappa shape index (κ1) is 15.2. The third-order valence-electron chi connectivity index (χ3n) is 3.36. The van der Waals surface area contributed by atoms with Gasteiger partial charge in [-0.05, 0) is 29.3 Å². The van der Waals surface area contributed by atoms with Gasteiger partial charge in [0, 0.05) is 6.42 Å². The largest absolute Gasteiger partial charge is 0.506 e. The fraction of sp³-hybridized carbons (Fsp3) is 0.0667. The van der Waals surface area contributed by atoms with Gasteiger partial charge < -0.3 is 10.2 Å². The molecule has 0 saturated carbocycles. The summed E-state index contributed by atoms with van der Waals surface area (Å²) in [4.78, 5) is 0. The summed E-state index contributed by atoms with van der Waals surface area (Å²) in [5, 5.41) is 19.4. The van der Waals surface area contributed by atoms with Crippen LogP contribution in [0.4, 0.5) is 10.1 Å². The standard InChI is InChI=1S/C15H13FN2O4S/c16-12-4-2-1-3-11(12)7-10-5-6-13(14(19)8-10)18-9-15(20)17-23(18,21)22/h1-6,8-9,17,19-20H,7H2. The van der Waals surface area contributed by atoms with Crippen molar-refractivity contribution in [2.75, 3.05) is 4.31 Å². The molecule has 2 aromatic rings. The van der Waals surface area contributed by atoms with E-state index < -0.39 is 16.1 Å². The Bertz CT molecular complexity index is 896. The molecular weight excluding hydrogens is 323 g/mol. The molecule has 23 heavy (non-hydrogen) atoms. The number of benzene rings is 2. The number of halogens is 1. The minimum absolute atomic E-state index is 0.0150. The van der Waals surface area contributed by atoms with Gasteiger partial charge in [0.05, 0.1) is 6.20 Å². The van der Waals surface area contributed by atoms with Gasteiger partial charge in [-0.15, -0.1) is 0 Å². The molecule has 0 unspecified atom stereocenters. The topological polar surface area (TPSA) is 89.9 Å². The highest BCUT2D eigenvalue weighted by Gasteiger charge is 2.30. The summed E-state index contributed by atoms with van der Waals surface area (Å²) in [5.74, 6) is -1.19. The molecule has 0 spiro atoms. The average molecular weight is 336 g/mol. The molecule has 1 heterocycles. The first-order valence-corrected chi connectivity index (χ1v) is 8.09. The molecule has 3 N–H and O–H groups in total. The molecule has 0 radical (unpaired) electrons. The van der Waals surface area contributed by atoms with Crippen LogP contribution in [0.2, 0.25) is 0 Å². The zero-order valence-electron chi connectivity index (χ0n) is 11.8. The fourth-order valence-electron chi connectivity index (χ4n) is 2.31. The van der Waals surface area contributed by atoms with E-state index >= 15 is 0 Å². The molecule has 0 bridgehead atoms. The lowest BCUT2D eigenvalue weighted by Crippen LogP contribution is -2.29. The third-order valence-corrected chi connectivity index (χ3v) is 4.65. The summed E-state index contributed by atoms with van der Waals surface area (Å²) in [6.07, 6.45) is 1.20. The van der Waals surface area contributed by atoms with Gasteiger partial charge in [-0.2, -0.15) is 8.42 Å². The molecular formula is C15H13FN2O4S. The lowest BCUT2D eigenvalue weighted by molar-refractivity contribution is 0.392. The van der Waals surface area contributed by atoms with Gasteiger partial charge in [0.15, 0.2) is 0 Å². The van der Waals surface area contributed by atoms with Crippen LogP contribution in [0.3, 0.4) is 0 Å². The summed E-state index contributed by atoms with van der Waals surface area (Å²) < 4.78 is 39.8. The summed E-state index contributed by atoms with van der Waals surface area (Å²) in [6.45, 7) is 0. The third kappa shape index (κ3) is 2.93. The van der Waals surface area contributed by atoms with Crippen LogP contribution in [0.15, 0.2) is 54.5 Å². The monoisotopic (exact) mass is 336 g/mol. The molecule has 0 aliphatic carbocycles. The number of aromatic hydroxyl groups is 1. The van der Waals surface area contributed by atoms with Crippen molar-refractivity contribution in [3.8, 4) is 5.75 Å². The lowest BCUT2D eigenvalue weighted by atomic mass is 10.0. The van der Waals surface area contributed by atoms with Crippen LogP contribution in [0.25, 0.3) is 0 Å². The fourth-order valence-corrected chi connectivity index (χ4v) is 3.38. The van der Waals surface area contributed by atoms with E-state index in [2.05, 4.69) is 0 Å². The Morgan fingerprint density at radius 1 is 1.13 bits per heavy atom. The summed E-state index contributed by atoms with van der Waals surface area (Å²) in [6, 6.07) is 10.6. The summed E-state index contributed by atoms with van der Waals surface area (Å²) in [5.41, 5.74) is 1.07. The van der Waals surface area contributed by atoms with Gasteiger partial charge in [-0.25, -0.2) is 13.4 Å². The van der Waals surface area contributed by atoms with Crippen LogP contribution >= 0.6 is 0 Å². The van der Waals surface area contributed by atoms with Crippen molar-refractivity contribution in [2.45, 2.75) is 6.42 Å². The van der Waals surface area contributed by atoms with Crippen molar-refractivity contribution in [3.63, 3.8) is 0 Å². The number of aliphatic hydroxyl groups is 1. The van der Waals surface area contributed by atoms with Crippen molar-refractivity contribution < 1.29 is 23.0 Å². The lowest BCUT2D eigenvalue weighted by Gasteiger charge is -2.16. The Morgan fingerprint density at radius 2 is 1.87 bits per heavy atom. The molecule has 0 saturated heterocycles. The van der Waals surface area contributed by atoms with E-state index in [1.54, 1.807) is 24.3 Å². The van der Waals surface area contributed by atoms with Gasteiger partial charge in [0.1, 0.15) is 17.3 Å². The molecule has 0 aromatic heterocycles. The predicted molar refractivity (Wildman–Crippen MR) is 82.6 cm³/mol. The average Bonchev–Trinajstić information content (AvgIpc) is 2.74. The summed E-state index contributed by atoms with van der Waals surface area (Å²) >= 11 is 0. The number of rotatable bonds is 3. The second kappa shape index (κ2) is 5.47. The van der Waals surface area contributed by atoms with Gasteiger partial charge in [0.2, 0.25) is 5.88 Å². The number of hydrogen-bond acceptors (Lipinski definition) is 4. The smallest absolute Gasteiger partial charge is 0.330 e. The number of aliphatic hydroxyl groups excluding tert-OH is 1. The first-order chi connectivity index (χ1) is 10.9. The number of nitrogens with one attached hydrogen (secondary N) is 1. The van der Waals surface area contributed by atoms with E-state index in [9.17, 15) is 23.0 Å². The van der Waals surface area contributed by atoms with E-state index in [1.165, 1.54) is 18.2 Å². The highest BCUT2D eigenvalue weighted by Crippen LogP contribution is 2.33. The van der Waals surface area contributed by atoms with Crippen molar-refractivity contribution in [1.29, 1.82) is 0 Å². The Kier molecular flexibility index (Phi) is 3.61. The summed E-state index contributed by atoms with van der Waals surface area (Å²) in [7, 11) is -3.97. The highest BCUT2D eigenvalue weighted by molar-refractivity contribution is 7.91. The van der Waals surface area contributed by atoms with Crippen LogP contribution < -0.4 is 9.03 Å². The molecule has 3 rings (SSSR count). The Hall–Kier alpha value is -2.74. The second-order valence-corrected chi connectivity index (χ2v) is 6.56. The molecule has 0 fully saturated rings. The van der Waals surface area contributed by atoms with E-state index in [1.807, 2.05) is 4.72 Å². The molecule has 6 nitrogen and oxygen atoms in total. The van der Waals surface area contributed by atoms with Gasteiger partial charge in [-0.1, -0.05) is 24.3 Å². The number of phenolic OH excluding ortho intramolecular Hbond substituents is 1. The van der Waals surface area contributed by atoms with E-state index in [0.29, 0.717) is 11.1 Å². The number of nitrogens with zero attached hydrogens (tertiary/aromatic N) is 1. The Labute approximate surface area is 132 Å². The molecule has 1 aliphatic rings. The number of anilines is 1. The minimum atomic E-state index is -3.97. The molecule has 0 atom stereocenters. The molecule has 120 valence electrons. The first-order valence-electron chi connectivity index (χ1n) is 6.65. The van der Waals surface area contributed by atoms with Crippen LogP contribution in [0.1, 0.15) is 11.1 Å². The maximum atomic E-state index is 13.7. The SMILES string of the molecule is O=S1(=O)NC(O)=CN1c1ccc(Cc2ccccc2F)cc1O. The van der Waals surface area contributed by atoms with Crippen molar-refractivity contribution in [3.05, 3.63) is 71.5 Å². The normalized spacial score (nSPS) is 16.0. The zero-order chi connectivity index (χ0) is 16.6. The highest BCUT2D eigenvalue weighted by atomic mass is 32.2. The molecule has 0 amide bonds. The van der Waals surface area contributed by atoms with E-state index in [4.69, 9.17) is 0 Å². The molecule has 8 heteroatoms. The van der Waals surface area contributed by atoms with Crippen LogP contribution in [-0.2, 0) is 16.6 Å². The van der Waals surface area contributed by atoms with E-state index in [0.717, 1.165) is 10.5 Å². The maximum Gasteiger partial charge on any atom is 0.330 e. The molecule has 2 aromatic carbocycles. The number of phenols is 1. The molecule has 1 aliphatic heterocycles. The van der Waals surface area contributed by atoms with Crippen LogP contribution in [0, 0.1) is 5.82 Å². The van der Waals surface area contributed by atoms with Crippen molar-refractivity contribution in [1.82, 2.24) is 4.72 Å². The second-order valence-electron chi connectivity index (χ2n) is 5.01. The zero-order valence-corrected chi connectivity index (χ0v) is 12.6. The quantitative estimate of drug-likeness (QED) is 0.801. The van der Waals surface area contributed by atoms with E-state index in [-0.39, 0.29) is 23.7 Å². The van der Waals surface area contributed by atoms with Gasteiger partial charge in [0.25, 0.3) is 0 Å². The van der Waals surface area contributed by atoms with Crippen molar-refractivity contribution >= 4 is 15.9 Å². The van der Waals surface area contributed by atoms with Crippen LogP contribution in [-0.4, -0.2) is 18.6 Å². The Balaban J connectivity index is 1.92. The number of hydrogen-bond donors (Lipinski definition) is 3.